The number of hydrogen-bond acceptors (Lipinski definition) is 5. The molecule has 1 aliphatic carbocycles. The summed E-state index contributed by atoms with van der Waals surface area (Å²) in [7, 11) is -8.18. The van der Waals surface area contributed by atoms with Crippen LogP contribution in [0.25, 0.3) is 0 Å². The average Bonchev–Trinajstić information content (AvgIpc) is 2.82. The van der Waals surface area contributed by atoms with Crippen molar-refractivity contribution in [2.75, 3.05) is 0 Å². The number of benzene rings is 3. The number of fused-ring (bicyclic) bond motifs is 1. The van der Waals surface area contributed by atoms with E-state index in [-0.39, 0.29) is 26.8 Å². The predicted octanol–water partition coefficient (Wildman–Crippen LogP) is 3.49. The Morgan fingerprint density at radius 2 is 1.36 bits per heavy atom. The van der Waals surface area contributed by atoms with Crippen molar-refractivity contribution >= 4 is 31.5 Å². The van der Waals surface area contributed by atoms with E-state index in [0.29, 0.717) is 5.56 Å². The third-order valence-electron chi connectivity index (χ3n) is 5.12. The number of carbonyl (C=O) groups is 1. The van der Waals surface area contributed by atoms with E-state index >= 15 is 0 Å². The van der Waals surface area contributed by atoms with E-state index in [1.54, 1.807) is 48.5 Å². The van der Waals surface area contributed by atoms with Crippen LogP contribution in [0.3, 0.4) is 0 Å². The number of Topliss-reactive ketones (excluding diaryl/α,β-unsaturated/α-hetero) is 1. The molecule has 0 saturated carbocycles. The van der Waals surface area contributed by atoms with Crippen LogP contribution in [-0.2, 0) is 26.5 Å². The molecule has 3 aromatic carbocycles. The number of rotatable bonds is 6. The summed E-state index contributed by atoms with van der Waals surface area (Å²) in [5.41, 5.74) is 1.12. The van der Waals surface area contributed by atoms with Gasteiger partial charge in [-0.15, -0.1) is 0 Å². The van der Waals surface area contributed by atoms with Crippen LogP contribution in [0.4, 0.5) is 0 Å². The SMILES string of the molecule is CCc1ccc(S(=O)(=O)/N=C2\C=C(NS(=O)(=O)c3ccccc3)C(=O)c3ccccc32)cc1. The fraction of sp³-hybridized carbons (Fsp3) is 0.0833. The molecule has 0 amide bonds. The van der Waals surface area contributed by atoms with Gasteiger partial charge in [-0.25, -0.2) is 8.42 Å². The molecule has 0 atom stereocenters. The Morgan fingerprint density at radius 1 is 0.758 bits per heavy atom. The summed E-state index contributed by atoms with van der Waals surface area (Å²) in [5, 5.41) is 0. The van der Waals surface area contributed by atoms with Gasteiger partial charge >= 0.3 is 0 Å². The number of sulfonamides is 2. The Morgan fingerprint density at radius 3 is 2.00 bits per heavy atom. The van der Waals surface area contributed by atoms with Crippen LogP contribution in [0.1, 0.15) is 28.4 Å². The topological polar surface area (TPSA) is 110 Å². The molecule has 0 saturated heterocycles. The molecule has 168 valence electrons. The summed E-state index contributed by atoms with van der Waals surface area (Å²) < 4.78 is 57.7. The molecule has 1 aliphatic rings. The summed E-state index contributed by atoms with van der Waals surface area (Å²) in [4.78, 5) is 13.0. The van der Waals surface area contributed by atoms with Crippen LogP contribution in [0.5, 0.6) is 0 Å². The van der Waals surface area contributed by atoms with Crippen LogP contribution in [0.15, 0.2) is 105 Å². The highest BCUT2D eigenvalue weighted by molar-refractivity contribution is 7.90. The molecule has 1 N–H and O–H groups in total. The van der Waals surface area contributed by atoms with E-state index in [1.807, 2.05) is 6.92 Å². The van der Waals surface area contributed by atoms with Gasteiger partial charge in [-0.05, 0) is 42.3 Å². The molecule has 0 radical (unpaired) electrons. The number of ketones is 1. The van der Waals surface area contributed by atoms with Crippen molar-refractivity contribution < 1.29 is 21.6 Å². The minimum absolute atomic E-state index is 0.00129. The fourth-order valence-corrected chi connectivity index (χ4v) is 5.43. The van der Waals surface area contributed by atoms with E-state index in [1.165, 1.54) is 30.3 Å². The highest BCUT2D eigenvalue weighted by Gasteiger charge is 2.29. The van der Waals surface area contributed by atoms with Crippen molar-refractivity contribution in [2.24, 2.45) is 4.40 Å². The summed E-state index contributed by atoms with van der Waals surface area (Å²) in [5.74, 6) is -0.575. The quantitative estimate of drug-likeness (QED) is 0.581. The Labute approximate surface area is 192 Å². The average molecular weight is 481 g/mol. The van der Waals surface area contributed by atoms with Gasteiger partial charge < -0.3 is 0 Å². The van der Waals surface area contributed by atoms with Gasteiger partial charge in [0.05, 0.1) is 21.2 Å². The number of aryl methyl sites for hydroxylation is 1. The predicted molar refractivity (Wildman–Crippen MR) is 125 cm³/mol. The third-order valence-corrected chi connectivity index (χ3v) is 7.81. The monoisotopic (exact) mass is 480 g/mol. The van der Waals surface area contributed by atoms with Crippen LogP contribution >= 0.6 is 0 Å². The highest BCUT2D eigenvalue weighted by atomic mass is 32.2. The standard InChI is InChI=1S/C24H20N2O5S2/c1-2-17-12-14-19(15-13-17)33(30,31)25-22-16-23(24(27)21-11-7-6-10-20(21)22)26-32(28,29)18-8-4-3-5-9-18/h3-16,26H,2H2,1H3/b25-22+. The first-order valence-corrected chi connectivity index (χ1v) is 13.0. The van der Waals surface area contributed by atoms with Crippen molar-refractivity contribution in [3.8, 4) is 0 Å². The van der Waals surface area contributed by atoms with Crippen LogP contribution in [-0.4, -0.2) is 28.3 Å². The minimum Gasteiger partial charge on any atom is -0.287 e. The molecule has 0 fully saturated rings. The van der Waals surface area contributed by atoms with Gasteiger partial charge in [0, 0.05) is 11.1 Å². The van der Waals surface area contributed by atoms with Gasteiger partial charge in [-0.1, -0.05) is 61.5 Å². The van der Waals surface area contributed by atoms with E-state index in [4.69, 9.17) is 0 Å². The van der Waals surface area contributed by atoms with Crippen molar-refractivity contribution in [3.05, 3.63) is 107 Å². The van der Waals surface area contributed by atoms with Gasteiger partial charge in [0.25, 0.3) is 20.0 Å². The maximum Gasteiger partial charge on any atom is 0.282 e. The van der Waals surface area contributed by atoms with Crippen molar-refractivity contribution in [1.82, 2.24) is 4.72 Å². The smallest absolute Gasteiger partial charge is 0.282 e. The van der Waals surface area contributed by atoms with Gasteiger partial charge in [0.2, 0.25) is 5.78 Å². The molecule has 7 nitrogen and oxygen atoms in total. The fourth-order valence-electron chi connectivity index (χ4n) is 3.36. The number of nitrogens with zero attached hydrogens (tertiary/aromatic N) is 1. The van der Waals surface area contributed by atoms with Crippen LogP contribution in [0.2, 0.25) is 0 Å². The lowest BCUT2D eigenvalue weighted by Gasteiger charge is -2.18. The second-order valence-electron chi connectivity index (χ2n) is 7.30. The van der Waals surface area contributed by atoms with Gasteiger partial charge in [-0.3, -0.25) is 9.52 Å². The third kappa shape index (κ3) is 4.64. The zero-order chi connectivity index (χ0) is 23.6. The van der Waals surface area contributed by atoms with Gasteiger partial charge in [0.1, 0.15) is 0 Å². The lowest BCUT2D eigenvalue weighted by Crippen LogP contribution is -2.31. The Hall–Kier alpha value is -3.56. The molecule has 3 aromatic rings. The van der Waals surface area contributed by atoms with Crippen molar-refractivity contribution in [3.63, 3.8) is 0 Å². The molecule has 9 heteroatoms. The maximum absolute atomic E-state index is 13.0. The van der Waals surface area contributed by atoms with Crippen LogP contribution in [0, 0.1) is 0 Å². The molecular formula is C24H20N2O5S2. The number of nitrogens with one attached hydrogen (secondary N) is 1. The molecule has 0 aliphatic heterocycles. The van der Waals surface area contributed by atoms with E-state index in [0.717, 1.165) is 18.1 Å². The zero-order valence-corrected chi connectivity index (χ0v) is 19.2. The summed E-state index contributed by atoms with van der Waals surface area (Å²) >= 11 is 0. The molecular weight excluding hydrogens is 460 g/mol. The molecule has 0 bridgehead atoms. The number of carbonyl (C=O) groups excluding carboxylic acids is 1. The molecule has 4 rings (SSSR count). The normalized spacial score (nSPS) is 15.1. The lowest BCUT2D eigenvalue weighted by atomic mass is 9.93. The molecule has 0 spiro atoms. The molecule has 0 heterocycles. The zero-order valence-electron chi connectivity index (χ0n) is 17.6. The highest BCUT2D eigenvalue weighted by Crippen LogP contribution is 2.24. The first-order valence-electron chi connectivity index (χ1n) is 10.1. The second kappa shape index (κ2) is 8.76. The maximum atomic E-state index is 13.0. The molecule has 0 unspecified atom stereocenters. The first kappa shape index (κ1) is 22.6. The largest absolute Gasteiger partial charge is 0.287 e. The number of allylic oxidation sites excluding steroid dienone is 2. The summed E-state index contributed by atoms with van der Waals surface area (Å²) in [6, 6.07) is 20.3. The second-order valence-corrected chi connectivity index (χ2v) is 10.6. The molecule has 0 aromatic heterocycles. The Bertz CT molecular complexity index is 1490. The molecule has 33 heavy (non-hydrogen) atoms. The Kier molecular flexibility index (Phi) is 6.01. The minimum atomic E-state index is -4.11. The Balaban J connectivity index is 1.80. The lowest BCUT2D eigenvalue weighted by molar-refractivity contribution is 0.102. The first-order chi connectivity index (χ1) is 15.7. The van der Waals surface area contributed by atoms with E-state index in [2.05, 4.69) is 9.12 Å². The van der Waals surface area contributed by atoms with Crippen molar-refractivity contribution in [2.45, 2.75) is 23.1 Å². The van der Waals surface area contributed by atoms with E-state index in [9.17, 15) is 21.6 Å². The van der Waals surface area contributed by atoms with E-state index < -0.39 is 25.8 Å². The number of hydrogen-bond donors (Lipinski definition) is 1. The summed E-state index contributed by atoms with van der Waals surface area (Å²) in [6.45, 7) is 1.96. The summed E-state index contributed by atoms with van der Waals surface area (Å²) in [6.07, 6.45) is 1.92. The van der Waals surface area contributed by atoms with Crippen LogP contribution < -0.4 is 4.72 Å². The van der Waals surface area contributed by atoms with Gasteiger partial charge in [-0.2, -0.15) is 12.8 Å². The van der Waals surface area contributed by atoms with Crippen molar-refractivity contribution in [1.29, 1.82) is 0 Å². The van der Waals surface area contributed by atoms with Gasteiger partial charge in [0.15, 0.2) is 0 Å².